The molecule has 1 aromatic heterocycles. The van der Waals surface area contributed by atoms with Gasteiger partial charge in [-0.05, 0) is 32.9 Å². The zero-order valence-electron chi connectivity index (χ0n) is 9.90. The number of aryl methyl sites for hydroxylation is 1. The van der Waals surface area contributed by atoms with E-state index in [1.54, 1.807) is 6.07 Å². The maximum absolute atomic E-state index is 12.1. The summed E-state index contributed by atoms with van der Waals surface area (Å²) in [5, 5.41) is 0. The lowest BCUT2D eigenvalue weighted by Gasteiger charge is -2.36. The molecule has 4 nitrogen and oxygen atoms in total. The van der Waals surface area contributed by atoms with E-state index in [0.29, 0.717) is 18.9 Å². The fourth-order valence-corrected chi connectivity index (χ4v) is 1.88. The van der Waals surface area contributed by atoms with Gasteiger partial charge in [0.2, 0.25) is 0 Å². The summed E-state index contributed by atoms with van der Waals surface area (Å²) in [6.45, 7) is 7.01. The van der Waals surface area contributed by atoms with Gasteiger partial charge >= 0.3 is 0 Å². The quantitative estimate of drug-likeness (QED) is 0.729. The van der Waals surface area contributed by atoms with Gasteiger partial charge in [0, 0.05) is 6.54 Å². The third-order valence-corrected chi connectivity index (χ3v) is 2.82. The molecule has 4 heteroatoms. The van der Waals surface area contributed by atoms with E-state index in [1.807, 2.05) is 31.7 Å². The summed E-state index contributed by atoms with van der Waals surface area (Å²) >= 11 is 0. The standard InChI is InChI=1S/C12H17NO3/c1-8-7-15-10(3)6-13(8)12(14)11-5-4-9(2)16-11/h4-5,8,10H,6-7H2,1-3H3. The second kappa shape index (κ2) is 4.29. The van der Waals surface area contributed by atoms with Crippen LogP contribution in [0.15, 0.2) is 16.5 Å². The van der Waals surface area contributed by atoms with Crippen molar-refractivity contribution in [3.63, 3.8) is 0 Å². The van der Waals surface area contributed by atoms with Crippen molar-refractivity contribution in [3.8, 4) is 0 Å². The van der Waals surface area contributed by atoms with Crippen LogP contribution in [0.2, 0.25) is 0 Å². The van der Waals surface area contributed by atoms with Gasteiger partial charge in [-0.1, -0.05) is 0 Å². The first kappa shape index (κ1) is 11.2. The third-order valence-electron chi connectivity index (χ3n) is 2.82. The second-order valence-electron chi connectivity index (χ2n) is 4.36. The Labute approximate surface area is 95.2 Å². The molecule has 2 unspecified atom stereocenters. The van der Waals surface area contributed by atoms with Crippen LogP contribution in [0.25, 0.3) is 0 Å². The molecule has 0 aromatic carbocycles. The summed E-state index contributed by atoms with van der Waals surface area (Å²) in [5.41, 5.74) is 0. The highest BCUT2D eigenvalue weighted by atomic mass is 16.5. The van der Waals surface area contributed by atoms with E-state index >= 15 is 0 Å². The highest BCUT2D eigenvalue weighted by Gasteiger charge is 2.29. The van der Waals surface area contributed by atoms with E-state index in [2.05, 4.69) is 0 Å². The molecule has 1 amide bonds. The van der Waals surface area contributed by atoms with Gasteiger partial charge in [-0.3, -0.25) is 4.79 Å². The molecule has 16 heavy (non-hydrogen) atoms. The van der Waals surface area contributed by atoms with E-state index in [0.717, 1.165) is 5.76 Å². The van der Waals surface area contributed by atoms with E-state index < -0.39 is 0 Å². The van der Waals surface area contributed by atoms with Gasteiger partial charge in [-0.15, -0.1) is 0 Å². The molecule has 88 valence electrons. The predicted molar refractivity (Wildman–Crippen MR) is 59.4 cm³/mol. The van der Waals surface area contributed by atoms with Crippen LogP contribution in [0.4, 0.5) is 0 Å². The second-order valence-corrected chi connectivity index (χ2v) is 4.36. The lowest BCUT2D eigenvalue weighted by atomic mass is 10.2. The number of morpholine rings is 1. The molecular weight excluding hydrogens is 206 g/mol. The number of hydrogen-bond donors (Lipinski definition) is 0. The molecule has 0 saturated carbocycles. The fourth-order valence-electron chi connectivity index (χ4n) is 1.88. The highest BCUT2D eigenvalue weighted by Crippen LogP contribution is 2.16. The monoisotopic (exact) mass is 223 g/mol. The molecule has 1 saturated heterocycles. The van der Waals surface area contributed by atoms with Crippen molar-refractivity contribution in [1.82, 2.24) is 4.90 Å². The van der Waals surface area contributed by atoms with E-state index in [4.69, 9.17) is 9.15 Å². The predicted octanol–water partition coefficient (Wildman–Crippen LogP) is 1.84. The molecule has 0 radical (unpaired) electrons. The molecule has 1 fully saturated rings. The Hall–Kier alpha value is -1.29. The minimum Gasteiger partial charge on any atom is -0.456 e. The fraction of sp³-hybridized carbons (Fsp3) is 0.583. The van der Waals surface area contributed by atoms with Crippen molar-refractivity contribution in [1.29, 1.82) is 0 Å². The molecule has 2 atom stereocenters. The number of amides is 1. The van der Waals surface area contributed by atoms with Crippen molar-refractivity contribution in [3.05, 3.63) is 23.7 Å². The normalized spacial score (nSPS) is 25.8. The average molecular weight is 223 g/mol. The maximum Gasteiger partial charge on any atom is 0.289 e. The van der Waals surface area contributed by atoms with Gasteiger partial charge in [0.1, 0.15) is 5.76 Å². The van der Waals surface area contributed by atoms with Gasteiger partial charge in [0.15, 0.2) is 5.76 Å². The number of nitrogens with zero attached hydrogens (tertiary/aromatic N) is 1. The topological polar surface area (TPSA) is 42.7 Å². The minimum atomic E-state index is -0.0456. The molecule has 0 aliphatic carbocycles. The van der Waals surface area contributed by atoms with Crippen molar-refractivity contribution >= 4 is 5.91 Å². The maximum atomic E-state index is 12.1. The van der Waals surface area contributed by atoms with Crippen molar-refractivity contribution in [2.45, 2.75) is 32.9 Å². The Morgan fingerprint density at radius 1 is 1.44 bits per heavy atom. The van der Waals surface area contributed by atoms with E-state index in [-0.39, 0.29) is 18.1 Å². The van der Waals surface area contributed by atoms with Gasteiger partial charge in [-0.2, -0.15) is 0 Å². The summed E-state index contributed by atoms with van der Waals surface area (Å²) in [5.74, 6) is 1.13. The van der Waals surface area contributed by atoms with Crippen LogP contribution in [0.3, 0.4) is 0 Å². The van der Waals surface area contributed by atoms with E-state index in [9.17, 15) is 4.79 Å². The molecule has 2 rings (SSSR count). The zero-order chi connectivity index (χ0) is 11.7. The average Bonchev–Trinajstić information content (AvgIpc) is 2.67. The molecule has 0 N–H and O–H groups in total. The molecule has 1 aliphatic rings. The molecule has 2 heterocycles. The van der Waals surface area contributed by atoms with E-state index in [1.165, 1.54) is 0 Å². The molecular formula is C12H17NO3. The van der Waals surface area contributed by atoms with Crippen LogP contribution in [-0.4, -0.2) is 36.1 Å². The minimum absolute atomic E-state index is 0.0456. The number of rotatable bonds is 1. The first-order valence-electron chi connectivity index (χ1n) is 5.57. The Balaban J connectivity index is 2.14. The number of carbonyl (C=O) groups is 1. The SMILES string of the molecule is Cc1ccc(C(=O)N2CC(C)OCC2C)o1. The van der Waals surface area contributed by atoms with Gasteiger partial charge in [0.05, 0.1) is 18.8 Å². The summed E-state index contributed by atoms with van der Waals surface area (Å²) in [6.07, 6.45) is 0.0937. The summed E-state index contributed by atoms with van der Waals surface area (Å²) in [4.78, 5) is 14.0. The van der Waals surface area contributed by atoms with Gasteiger partial charge < -0.3 is 14.1 Å². The smallest absolute Gasteiger partial charge is 0.289 e. The molecule has 0 spiro atoms. The van der Waals surface area contributed by atoms with Crippen LogP contribution in [0.1, 0.15) is 30.2 Å². The Kier molecular flexibility index (Phi) is 3.01. The number of carbonyl (C=O) groups excluding carboxylic acids is 1. The molecule has 1 aliphatic heterocycles. The number of furan rings is 1. The lowest BCUT2D eigenvalue weighted by Crippen LogP contribution is -2.50. The van der Waals surface area contributed by atoms with Gasteiger partial charge in [-0.25, -0.2) is 0 Å². The van der Waals surface area contributed by atoms with Gasteiger partial charge in [0.25, 0.3) is 5.91 Å². The largest absolute Gasteiger partial charge is 0.456 e. The zero-order valence-corrected chi connectivity index (χ0v) is 9.90. The number of ether oxygens (including phenoxy) is 1. The Morgan fingerprint density at radius 2 is 2.19 bits per heavy atom. The van der Waals surface area contributed by atoms with Crippen LogP contribution in [0, 0.1) is 6.92 Å². The summed E-state index contributed by atoms with van der Waals surface area (Å²) < 4.78 is 10.8. The van der Waals surface area contributed by atoms with Crippen molar-refractivity contribution in [2.24, 2.45) is 0 Å². The Bertz CT molecular complexity index is 385. The van der Waals surface area contributed by atoms with Crippen molar-refractivity contribution in [2.75, 3.05) is 13.2 Å². The lowest BCUT2D eigenvalue weighted by molar-refractivity contribution is -0.0396. The molecule has 1 aromatic rings. The van der Waals surface area contributed by atoms with Crippen molar-refractivity contribution < 1.29 is 13.9 Å². The van der Waals surface area contributed by atoms with Crippen LogP contribution < -0.4 is 0 Å². The summed E-state index contributed by atoms with van der Waals surface area (Å²) in [7, 11) is 0. The summed E-state index contributed by atoms with van der Waals surface area (Å²) in [6, 6.07) is 3.64. The van der Waals surface area contributed by atoms with Crippen LogP contribution >= 0.6 is 0 Å². The van der Waals surface area contributed by atoms with Crippen LogP contribution in [-0.2, 0) is 4.74 Å². The highest BCUT2D eigenvalue weighted by molar-refractivity contribution is 5.91. The molecule has 0 bridgehead atoms. The first-order chi connectivity index (χ1) is 7.58. The Morgan fingerprint density at radius 3 is 2.81 bits per heavy atom. The third kappa shape index (κ3) is 2.11. The first-order valence-corrected chi connectivity index (χ1v) is 5.57. The van der Waals surface area contributed by atoms with Crippen LogP contribution in [0.5, 0.6) is 0 Å². The number of hydrogen-bond acceptors (Lipinski definition) is 3.